The largest absolute Gasteiger partial charge is 0.353 e. The summed E-state index contributed by atoms with van der Waals surface area (Å²) in [6.45, 7) is 0.587. The molecule has 1 aliphatic rings. The van der Waals surface area contributed by atoms with E-state index in [-0.39, 0.29) is 18.0 Å². The fourth-order valence-corrected chi connectivity index (χ4v) is 2.50. The third kappa shape index (κ3) is 2.97. The first-order valence-corrected chi connectivity index (χ1v) is 7.30. The molecule has 0 spiro atoms. The second kappa shape index (κ2) is 5.69. The zero-order valence-electron chi connectivity index (χ0n) is 11.8. The standard InChI is InChI=1S/C16H19N3O2/c17-10-12-9-11-3-1-2-4-14(11)19(16(12)21)8-7-15(20)18-13-5-6-13/h1-4,9,13H,5-8,10,17H2,(H,18,20). The lowest BCUT2D eigenvalue weighted by atomic mass is 10.1. The summed E-state index contributed by atoms with van der Waals surface area (Å²) >= 11 is 0. The molecule has 1 heterocycles. The number of rotatable bonds is 5. The first kappa shape index (κ1) is 13.8. The summed E-state index contributed by atoms with van der Waals surface area (Å²) in [6.07, 6.45) is 2.45. The van der Waals surface area contributed by atoms with E-state index in [2.05, 4.69) is 5.32 Å². The van der Waals surface area contributed by atoms with Crippen LogP contribution in [0.5, 0.6) is 0 Å². The SMILES string of the molecule is NCc1cc2ccccc2n(CCC(=O)NC2CC2)c1=O. The molecular formula is C16H19N3O2. The van der Waals surface area contributed by atoms with Crippen LogP contribution in [0.15, 0.2) is 35.1 Å². The molecule has 1 amide bonds. The molecular weight excluding hydrogens is 266 g/mol. The van der Waals surface area contributed by atoms with Crippen LogP contribution < -0.4 is 16.6 Å². The lowest BCUT2D eigenvalue weighted by Gasteiger charge is -2.12. The summed E-state index contributed by atoms with van der Waals surface area (Å²) in [7, 11) is 0. The number of para-hydroxylation sites is 1. The molecule has 1 aliphatic carbocycles. The fraction of sp³-hybridized carbons (Fsp3) is 0.375. The van der Waals surface area contributed by atoms with Gasteiger partial charge in [-0.05, 0) is 30.4 Å². The first-order chi connectivity index (χ1) is 10.2. The number of aromatic nitrogens is 1. The van der Waals surface area contributed by atoms with Crippen LogP contribution in [-0.2, 0) is 17.9 Å². The molecule has 0 saturated heterocycles. The highest BCUT2D eigenvalue weighted by molar-refractivity contribution is 5.80. The third-order valence-electron chi connectivity index (χ3n) is 3.80. The number of fused-ring (bicyclic) bond motifs is 1. The molecule has 1 saturated carbocycles. The number of hydrogen-bond acceptors (Lipinski definition) is 3. The molecule has 2 aromatic rings. The van der Waals surface area contributed by atoms with E-state index in [1.54, 1.807) is 4.57 Å². The van der Waals surface area contributed by atoms with Gasteiger partial charge in [0.25, 0.3) is 5.56 Å². The summed E-state index contributed by atoms with van der Waals surface area (Å²) < 4.78 is 1.66. The second-order valence-electron chi connectivity index (χ2n) is 5.48. The third-order valence-corrected chi connectivity index (χ3v) is 3.80. The van der Waals surface area contributed by atoms with E-state index in [4.69, 9.17) is 5.73 Å². The van der Waals surface area contributed by atoms with Gasteiger partial charge in [0.2, 0.25) is 5.91 Å². The lowest BCUT2D eigenvalue weighted by Crippen LogP contribution is -2.30. The van der Waals surface area contributed by atoms with Gasteiger partial charge in [-0.1, -0.05) is 18.2 Å². The number of nitrogens with one attached hydrogen (secondary N) is 1. The average Bonchev–Trinajstić information content (AvgIpc) is 3.29. The van der Waals surface area contributed by atoms with Crippen molar-refractivity contribution in [2.45, 2.75) is 38.4 Å². The highest BCUT2D eigenvalue weighted by atomic mass is 16.2. The number of pyridine rings is 1. The number of nitrogens with zero attached hydrogens (tertiary/aromatic N) is 1. The van der Waals surface area contributed by atoms with E-state index in [1.807, 2.05) is 30.3 Å². The summed E-state index contributed by atoms with van der Waals surface area (Å²) in [5.41, 5.74) is 6.97. The molecule has 0 aliphatic heterocycles. The van der Waals surface area contributed by atoms with E-state index in [0.717, 1.165) is 23.7 Å². The minimum atomic E-state index is -0.101. The lowest BCUT2D eigenvalue weighted by molar-refractivity contribution is -0.121. The Morgan fingerprint density at radius 1 is 1.33 bits per heavy atom. The Bertz CT molecular complexity index is 732. The van der Waals surface area contributed by atoms with Crippen molar-refractivity contribution in [3.63, 3.8) is 0 Å². The fourth-order valence-electron chi connectivity index (χ4n) is 2.50. The highest BCUT2D eigenvalue weighted by Crippen LogP contribution is 2.19. The average molecular weight is 285 g/mol. The van der Waals surface area contributed by atoms with E-state index in [1.165, 1.54) is 0 Å². The van der Waals surface area contributed by atoms with E-state index in [0.29, 0.717) is 24.6 Å². The van der Waals surface area contributed by atoms with E-state index >= 15 is 0 Å². The number of amides is 1. The van der Waals surface area contributed by atoms with Gasteiger partial charge in [0, 0.05) is 31.1 Å². The van der Waals surface area contributed by atoms with Crippen molar-refractivity contribution in [2.24, 2.45) is 5.73 Å². The molecule has 5 heteroatoms. The Morgan fingerprint density at radius 2 is 2.10 bits per heavy atom. The molecule has 3 rings (SSSR count). The van der Waals surface area contributed by atoms with Gasteiger partial charge in [-0.2, -0.15) is 0 Å². The Hall–Kier alpha value is -2.14. The minimum absolute atomic E-state index is 0.00614. The Balaban J connectivity index is 1.89. The molecule has 21 heavy (non-hydrogen) atoms. The van der Waals surface area contributed by atoms with Crippen molar-refractivity contribution < 1.29 is 4.79 Å². The first-order valence-electron chi connectivity index (χ1n) is 7.30. The zero-order valence-corrected chi connectivity index (χ0v) is 11.8. The van der Waals surface area contributed by atoms with Crippen LogP contribution in [-0.4, -0.2) is 16.5 Å². The number of hydrogen-bond donors (Lipinski definition) is 2. The number of carbonyl (C=O) groups is 1. The van der Waals surface area contributed by atoms with Crippen molar-refractivity contribution in [1.29, 1.82) is 0 Å². The quantitative estimate of drug-likeness (QED) is 0.864. The van der Waals surface area contributed by atoms with Gasteiger partial charge < -0.3 is 15.6 Å². The molecule has 110 valence electrons. The topological polar surface area (TPSA) is 77.1 Å². The van der Waals surface area contributed by atoms with Gasteiger partial charge >= 0.3 is 0 Å². The van der Waals surface area contributed by atoms with Gasteiger partial charge in [-0.3, -0.25) is 9.59 Å². The van der Waals surface area contributed by atoms with Gasteiger partial charge in [0.15, 0.2) is 0 Å². The van der Waals surface area contributed by atoms with Crippen LogP contribution in [0.25, 0.3) is 10.9 Å². The van der Waals surface area contributed by atoms with Crippen molar-refractivity contribution in [3.8, 4) is 0 Å². The molecule has 1 aromatic carbocycles. The van der Waals surface area contributed by atoms with E-state index < -0.39 is 0 Å². The normalized spacial score (nSPS) is 14.3. The van der Waals surface area contributed by atoms with Crippen LogP contribution in [0.2, 0.25) is 0 Å². The predicted molar refractivity (Wildman–Crippen MR) is 81.9 cm³/mol. The van der Waals surface area contributed by atoms with Gasteiger partial charge in [0.05, 0.1) is 5.52 Å². The molecule has 5 nitrogen and oxygen atoms in total. The monoisotopic (exact) mass is 285 g/mol. The van der Waals surface area contributed by atoms with E-state index in [9.17, 15) is 9.59 Å². The number of nitrogens with two attached hydrogens (primary N) is 1. The number of aryl methyl sites for hydroxylation is 1. The molecule has 3 N–H and O–H groups in total. The van der Waals surface area contributed by atoms with Crippen LogP contribution in [0.4, 0.5) is 0 Å². The van der Waals surface area contributed by atoms with Crippen LogP contribution in [0.3, 0.4) is 0 Å². The summed E-state index contributed by atoms with van der Waals surface area (Å²) in [5.74, 6) is 0.00614. The van der Waals surface area contributed by atoms with Crippen molar-refractivity contribution in [2.75, 3.05) is 0 Å². The summed E-state index contributed by atoms with van der Waals surface area (Å²) in [6, 6.07) is 9.85. The maximum Gasteiger partial charge on any atom is 0.255 e. The Morgan fingerprint density at radius 3 is 2.81 bits per heavy atom. The highest BCUT2D eigenvalue weighted by Gasteiger charge is 2.23. The number of benzene rings is 1. The molecule has 0 unspecified atom stereocenters. The van der Waals surface area contributed by atoms with Crippen molar-refractivity contribution >= 4 is 16.8 Å². The summed E-state index contributed by atoms with van der Waals surface area (Å²) in [5, 5.41) is 3.91. The van der Waals surface area contributed by atoms with Crippen molar-refractivity contribution in [3.05, 3.63) is 46.2 Å². The van der Waals surface area contributed by atoms with Gasteiger partial charge in [-0.25, -0.2) is 0 Å². The smallest absolute Gasteiger partial charge is 0.255 e. The maximum atomic E-state index is 12.4. The molecule has 1 aromatic heterocycles. The van der Waals surface area contributed by atoms with Gasteiger partial charge in [-0.15, -0.1) is 0 Å². The van der Waals surface area contributed by atoms with Crippen molar-refractivity contribution in [1.82, 2.24) is 9.88 Å². The zero-order chi connectivity index (χ0) is 14.8. The van der Waals surface area contributed by atoms with Gasteiger partial charge in [0.1, 0.15) is 0 Å². The van der Waals surface area contributed by atoms with Crippen LogP contribution >= 0.6 is 0 Å². The summed E-state index contributed by atoms with van der Waals surface area (Å²) in [4.78, 5) is 24.2. The predicted octanol–water partition coefficient (Wildman–Crippen LogP) is 1.13. The Kier molecular flexibility index (Phi) is 3.75. The molecule has 0 atom stereocenters. The van der Waals surface area contributed by atoms with Crippen LogP contribution in [0, 0.1) is 0 Å². The van der Waals surface area contributed by atoms with Crippen LogP contribution in [0.1, 0.15) is 24.8 Å². The molecule has 0 radical (unpaired) electrons. The molecule has 0 bridgehead atoms. The Labute approximate surface area is 122 Å². The minimum Gasteiger partial charge on any atom is -0.353 e. The second-order valence-corrected chi connectivity index (χ2v) is 5.48. The maximum absolute atomic E-state index is 12.4. The molecule has 1 fully saturated rings. The number of carbonyl (C=O) groups excluding carboxylic acids is 1.